The SMILES string of the molecule is CCNC(Cc1cc(Cl)ccc1[N+](=O)[O-])C1CC1. The molecule has 2 rings (SSSR count). The van der Waals surface area contributed by atoms with E-state index in [1.54, 1.807) is 12.1 Å². The molecule has 5 heteroatoms. The standard InChI is InChI=1S/C13H17ClN2O2/c1-2-15-12(9-3-4-9)8-10-7-11(14)5-6-13(10)16(17)18/h5-7,9,12,15H,2-4,8H2,1H3. The van der Waals surface area contributed by atoms with E-state index in [0.717, 1.165) is 12.1 Å². The maximum atomic E-state index is 11.0. The highest BCUT2D eigenvalue weighted by Gasteiger charge is 2.32. The van der Waals surface area contributed by atoms with Gasteiger partial charge in [-0.15, -0.1) is 0 Å². The summed E-state index contributed by atoms with van der Waals surface area (Å²) in [6.07, 6.45) is 3.10. The molecule has 0 aliphatic heterocycles. The molecule has 1 unspecified atom stereocenters. The molecule has 1 aliphatic rings. The van der Waals surface area contributed by atoms with Crippen LogP contribution in [0.5, 0.6) is 0 Å². The highest BCUT2D eigenvalue weighted by Crippen LogP contribution is 2.35. The van der Waals surface area contributed by atoms with Gasteiger partial charge in [-0.1, -0.05) is 18.5 Å². The Bertz CT molecular complexity index is 447. The Morgan fingerprint density at radius 1 is 1.56 bits per heavy atom. The summed E-state index contributed by atoms with van der Waals surface area (Å²) >= 11 is 5.93. The fourth-order valence-corrected chi connectivity index (χ4v) is 2.49. The number of rotatable bonds is 6. The smallest absolute Gasteiger partial charge is 0.272 e. The first-order chi connectivity index (χ1) is 8.61. The molecule has 0 heterocycles. The predicted molar refractivity (Wildman–Crippen MR) is 72.0 cm³/mol. The van der Waals surface area contributed by atoms with Crippen LogP contribution < -0.4 is 5.32 Å². The van der Waals surface area contributed by atoms with Gasteiger partial charge < -0.3 is 5.32 Å². The molecule has 0 aromatic heterocycles. The van der Waals surface area contributed by atoms with Gasteiger partial charge in [0.2, 0.25) is 0 Å². The Kier molecular flexibility index (Phi) is 4.19. The molecule has 0 radical (unpaired) electrons. The average Bonchev–Trinajstić information content (AvgIpc) is 3.12. The fraction of sp³-hybridized carbons (Fsp3) is 0.538. The van der Waals surface area contributed by atoms with Gasteiger partial charge >= 0.3 is 0 Å². The minimum atomic E-state index is -0.332. The quantitative estimate of drug-likeness (QED) is 0.637. The average molecular weight is 269 g/mol. The van der Waals surface area contributed by atoms with E-state index < -0.39 is 0 Å². The van der Waals surface area contributed by atoms with Crippen molar-refractivity contribution >= 4 is 17.3 Å². The number of hydrogen-bond acceptors (Lipinski definition) is 3. The maximum Gasteiger partial charge on any atom is 0.272 e. The Balaban J connectivity index is 2.20. The first-order valence-corrected chi connectivity index (χ1v) is 6.65. The molecule has 1 atom stereocenters. The van der Waals surface area contributed by atoms with E-state index in [1.807, 2.05) is 0 Å². The molecule has 98 valence electrons. The molecule has 0 bridgehead atoms. The number of likely N-dealkylation sites (N-methyl/N-ethyl adjacent to an activating group) is 1. The normalized spacial score (nSPS) is 16.6. The van der Waals surface area contributed by atoms with Gasteiger partial charge in [-0.25, -0.2) is 0 Å². The van der Waals surface area contributed by atoms with Crippen molar-refractivity contribution in [3.05, 3.63) is 38.9 Å². The van der Waals surface area contributed by atoms with E-state index in [0.29, 0.717) is 23.4 Å². The summed E-state index contributed by atoms with van der Waals surface area (Å²) in [5.41, 5.74) is 0.897. The number of halogens is 1. The molecule has 18 heavy (non-hydrogen) atoms. The van der Waals surface area contributed by atoms with Gasteiger partial charge in [0.15, 0.2) is 0 Å². The van der Waals surface area contributed by atoms with E-state index in [1.165, 1.54) is 18.9 Å². The summed E-state index contributed by atoms with van der Waals surface area (Å²) in [4.78, 5) is 10.7. The van der Waals surface area contributed by atoms with Crippen molar-refractivity contribution in [3.63, 3.8) is 0 Å². The number of hydrogen-bond donors (Lipinski definition) is 1. The molecule has 1 N–H and O–H groups in total. The second-order valence-corrected chi connectivity index (χ2v) is 5.17. The molecule has 1 aromatic rings. The van der Waals surface area contributed by atoms with E-state index in [-0.39, 0.29) is 10.6 Å². The minimum absolute atomic E-state index is 0.169. The Morgan fingerprint density at radius 3 is 2.83 bits per heavy atom. The first-order valence-electron chi connectivity index (χ1n) is 6.28. The topological polar surface area (TPSA) is 55.2 Å². The third kappa shape index (κ3) is 3.21. The monoisotopic (exact) mass is 268 g/mol. The second kappa shape index (κ2) is 5.67. The third-order valence-electron chi connectivity index (χ3n) is 3.34. The van der Waals surface area contributed by atoms with Crippen LogP contribution in [0.15, 0.2) is 18.2 Å². The molecule has 4 nitrogen and oxygen atoms in total. The Hall–Kier alpha value is -1.13. The van der Waals surface area contributed by atoms with Crippen LogP contribution in [-0.2, 0) is 6.42 Å². The van der Waals surface area contributed by atoms with Crippen LogP contribution >= 0.6 is 11.6 Å². The van der Waals surface area contributed by atoms with Crippen LogP contribution in [0.25, 0.3) is 0 Å². The minimum Gasteiger partial charge on any atom is -0.314 e. The lowest BCUT2D eigenvalue weighted by atomic mass is 10.0. The zero-order chi connectivity index (χ0) is 13.1. The molecule has 0 spiro atoms. The molecule has 1 aromatic carbocycles. The molecular weight excluding hydrogens is 252 g/mol. The van der Waals surface area contributed by atoms with E-state index in [4.69, 9.17) is 11.6 Å². The number of nitrogens with one attached hydrogen (secondary N) is 1. The van der Waals surface area contributed by atoms with Gasteiger partial charge in [-0.05, 0) is 43.9 Å². The fourth-order valence-electron chi connectivity index (χ4n) is 2.30. The van der Waals surface area contributed by atoms with Gasteiger partial charge in [0, 0.05) is 22.7 Å². The summed E-state index contributed by atoms with van der Waals surface area (Å²) in [5.74, 6) is 0.656. The van der Waals surface area contributed by atoms with Gasteiger partial charge in [0.1, 0.15) is 0 Å². The van der Waals surface area contributed by atoms with Crippen molar-refractivity contribution in [2.24, 2.45) is 5.92 Å². The number of benzene rings is 1. The van der Waals surface area contributed by atoms with Crippen LogP contribution in [0.1, 0.15) is 25.3 Å². The Morgan fingerprint density at radius 2 is 2.28 bits per heavy atom. The van der Waals surface area contributed by atoms with E-state index >= 15 is 0 Å². The molecule has 0 saturated heterocycles. The van der Waals surface area contributed by atoms with E-state index in [2.05, 4.69) is 12.2 Å². The van der Waals surface area contributed by atoms with Crippen LogP contribution in [-0.4, -0.2) is 17.5 Å². The lowest BCUT2D eigenvalue weighted by Gasteiger charge is -2.17. The molecule has 1 aliphatic carbocycles. The zero-order valence-corrected chi connectivity index (χ0v) is 11.1. The number of nitro benzene ring substituents is 1. The molecular formula is C13H17ClN2O2. The highest BCUT2D eigenvalue weighted by atomic mass is 35.5. The lowest BCUT2D eigenvalue weighted by Crippen LogP contribution is -2.33. The summed E-state index contributed by atoms with van der Waals surface area (Å²) in [5, 5.41) is 15.0. The van der Waals surface area contributed by atoms with Crippen molar-refractivity contribution in [3.8, 4) is 0 Å². The van der Waals surface area contributed by atoms with Crippen molar-refractivity contribution in [2.75, 3.05) is 6.54 Å². The highest BCUT2D eigenvalue weighted by molar-refractivity contribution is 6.30. The van der Waals surface area contributed by atoms with Gasteiger partial charge in [-0.2, -0.15) is 0 Å². The Labute approximate surface area is 111 Å². The van der Waals surface area contributed by atoms with Crippen molar-refractivity contribution < 1.29 is 4.92 Å². The van der Waals surface area contributed by atoms with Crippen LogP contribution in [0.2, 0.25) is 5.02 Å². The number of nitrogens with zero attached hydrogens (tertiary/aromatic N) is 1. The summed E-state index contributed by atoms with van der Waals surface area (Å²) in [6.45, 7) is 2.94. The van der Waals surface area contributed by atoms with Crippen molar-refractivity contribution in [1.29, 1.82) is 0 Å². The van der Waals surface area contributed by atoms with Gasteiger partial charge in [-0.3, -0.25) is 10.1 Å². The van der Waals surface area contributed by atoms with Crippen molar-refractivity contribution in [2.45, 2.75) is 32.2 Å². The summed E-state index contributed by atoms with van der Waals surface area (Å²) in [7, 11) is 0. The van der Waals surface area contributed by atoms with Crippen LogP contribution in [0, 0.1) is 16.0 Å². The van der Waals surface area contributed by atoms with Gasteiger partial charge in [0.25, 0.3) is 5.69 Å². The van der Waals surface area contributed by atoms with Gasteiger partial charge in [0.05, 0.1) is 4.92 Å². The van der Waals surface area contributed by atoms with Crippen LogP contribution in [0.3, 0.4) is 0 Å². The first kappa shape index (κ1) is 13.3. The summed E-state index contributed by atoms with van der Waals surface area (Å²) in [6, 6.07) is 5.11. The summed E-state index contributed by atoms with van der Waals surface area (Å²) < 4.78 is 0. The molecule has 1 saturated carbocycles. The third-order valence-corrected chi connectivity index (χ3v) is 3.57. The molecule has 1 fully saturated rings. The second-order valence-electron chi connectivity index (χ2n) is 4.74. The number of nitro groups is 1. The lowest BCUT2D eigenvalue weighted by molar-refractivity contribution is -0.385. The molecule has 0 amide bonds. The van der Waals surface area contributed by atoms with E-state index in [9.17, 15) is 10.1 Å². The maximum absolute atomic E-state index is 11.0. The zero-order valence-electron chi connectivity index (χ0n) is 10.4. The predicted octanol–water partition coefficient (Wildman–Crippen LogP) is 3.18. The van der Waals surface area contributed by atoms with Crippen LogP contribution in [0.4, 0.5) is 5.69 Å². The van der Waals surface area contributed by atoms with Crippen molar-refractivity contribution in [1.82, 2.24) is 5.32 Å². The largest absolute Gasteiger partial charge is 0.314 e.